The molecule has 1 unspecified atom stereocenters. The van der Waals surface area contributed by atoms with Crippen molar-refractivity contribution in [1.29, 1.82) is 0 Å². The van der Waals surface area contributed by atoms with Crippen molar-refractivity contribution in [2.75, 3.05) is 0 Å². The SMILES string of the molecule is C#CCC(C#CC)(C(=O)C(=O)O)c1ccccc1. The van der Waals surface area contributed by atoms with Gasteiger partial charge in [-0.15, -0.1) is 18.3 Å². The van der Waals surface area contributed by atoms with Crippen LogP contribution in [-0.2, 0) is 15.0 Å². The van der Waals surface area contributed by atoms with Gasteiger partial charge in [-0.1, -0.05) is 36.3 Å². The lowest BCUT2D eigenvalue weighted by molar-refractivity contribution is -0.150. The Morgan fingerprint density at radius 3 is 2.39 bits per heavy atom. The van der Waals surface area contributed by atoms with E-state index in [1.54, 1.807) is 37.3 Å². The molecule has 0 aliphatic heterocycles. The van der Waals surface area contributed by atoms with Gasteiger partial charge < -0.3 is 5.11 Å². The molecule has 1 aromatic carbocycles. The standard InChI is InChI=1S/C15H12O3/c1-3-10-15(11-4-2,13(16)14(17)18)12-8-6-5-7-9-12/h1,5-9H,10H2,2H3,(H,17,18). The van der Waals surface area contributed by atoms with E-state index in [9.17, 15) is 9.59 Å². The molecule has 0 aliphatic rings. The number of rotatable bonds is 4. The molecule has 90 valence electrons. The molecular weight excluding hydrogens is 228 g/mol. The zero-order valence-electron chi connectivity index (χ0n) is 9.93. The van der Waals surface area contributed by atoms with Crippen molar-refractivity contribution in [1.82, 2.24) is 0 Å². The fourth-order valence-electron chi connectivity index (χ4n) is 1.76. The predicted molar refractivity (Wildman–Crippen MR) is 67.7 cm³/mol. The third-order valence-electron chi connectivity index (χ3n) is 2.55. The second-order valence-electron chi connectivity index (χ2n) is 3.66. The molecule has 1 aromatic rings. The monoisotopic (exact) mass is 240 g/mol. The number of benzene rings is 1. The average molecular weight is 240 g/mol. The van der Waals surface area contributed by atoms with Gasteiger partial charge in [0.05, 0.1) is 0 Å². The van der Waals surface area contributed by atoms with E-state index >= 15 is 0 Å². The Morgan fingerprint density at radius 1 is 1.33 bits per heavy atom. The van der Waals surface area contributed by atoms with Gasteiger partial charge in [-0.25, -0.2) is 4.79 Å². The molecule has 0 spiro atoms. The van der Waals surface area contributed by atoms with Crippen LogP contribution < -0.4 is 0 Å². The fraction of sp³-hybridized carbons (Fsp3) is 0.200. The first kappa shape index (κ1) is 13.5. The van der Waals surface area contributed by atoms with Crippen LogP contribution in [0.5, 0.6) is 0 Å². The van der Waals surface area contributed by atoms with E-state index in [2.05, 4.69) is 17.8 Å². The van der Waals surface area contributed by atoms with Gasteiger partial charge in [-0.05, 0) is 12.5 Å². The number of carboxylic acid groups (broad SMARTS) is 1. The van der Waals surface area contributed by atoms with Crippen molar-refractivity contribution in [2.24, 2.45) is 0 Å². The smallest absolute Gasteiger partial charge is 0.374 e. The molecule has 18 heavy (non-hydrogen) atoms. The predicted octanol–water partition coefficient (Wildman–Crippen LogP) is 1.62. The minimum Gasteiger partial charge on any atom is -0.475 e. The van der Waals surface area contributed by atoms with Crippen molar-refractivity contribution in [2.45, 2.75) is 18.8 Å². The summed E-state index contributed by atoms with van der Waals surface area (Å²) in [5.74, 6) is 5.08. The Morgan fingerprint density at radius 2 is 1.94 bits per heavy atom. The lowest BCUT2D eigenvalue weighted by atomic mass is 9.74. The minimum absolute atomic E-state index is 0.0665. The molecule has 3 heteroatoms. The number of carbonyl (C=O) groups is 2. The highest BCUT2D eigenvalue weighted by Crippen LogP contribution is 2.28. The summed E-state index contributed by atoms with van der Waals surface area (Å²) in [4.78, 5) is 22.9. The van der Waals surface area contributed by atoms with Gasteiger partial charge in [0.2, 0.25) is 0 Å². The molecule has 0 aromatic heterocycles. The molecule has 0 radical (unpaired) electrons. The number of ketones is 1. The summed E-state index contributed by atoms with van der Waals surface area (Å²) in [5, 5.41) is 8.95. The number of carboxylic acids is 1. The van der Waals surface area contributed by atoms with Gasteiger partial charge >= 0.3 is 5.97 Å². The van der Waals surface area contributed by atoms with Crippen LogP contribution in [0.25, 0.3) is 0 Å². The highest BCUT2D eigenvalue weighted by atomic mass is 16.4. The number of terminal acetylenes is 1. The van der Waals surface area contributed by atoms with E-state index in [4.69, 9.17) is 11.5 Å². The number of hydrogen-bond donors (Lipinski definition) is 1. The Balaban J connectivity index is 3.49. The van der Waals surface area contributed by atoms with Gasteiger partial charge in [0.25, 0.3) is 5.78 Å². The summed E-state index contributed by atoms with van der Waals surface area (Å²) < 4.78 is 0. The van der Waals surface area contributed by atoms with Crippen LogP contribution in [0.3, 0.4) is 0 Å². The van der Waals surface area contributed by atoms with Crippen molar-refractivity contribution in [3.63, 3.8) is 0 Å². The summed E-state index contributed by atoms with van der Waals surface area (Å²) in [6.07, 6.45) is 5.19. The van der Waals surface area contributed by atoms with Crippen molar-refractivity contribution in [3.05, 3.63) is 35.9 Å². The molecular formula is C15H12O3. The lowest BCUT2D eigenvalue weighted by Gasteiger charge is -2.23. The molecule has 1 atom stereocenters. The normalized spacial score (nSPS) is 12.4. The van der Waals surface area contributed by atoms with E-state index in [1.807, 2.05) is 0 Å². The van der Waals surface area contributed by atoms with Crippen LogP contribution in [0.4, 0.5) is 0 Å². The van der Waals surface area contributed by atoms with E-state index in [-0.39, 0.29) is 6.42 Å². The average Bonchev–Trinajstić information content (AvgIpc) is 2.38. The number of hydrogen-bond acceptors (Lipinski definition) is 2. The number of aliphatic carboxylic acids is 1. The van der Waals surface area contributed by atoms with Crippen molar-refractivity contribution in [3.8, 4) is 24.2 Å². The molecule has 0 amide bonds. The lowest BCUT2D eigenvalue weighted by Crippen LogP contribution is -2.39. The second-order valence-corrected chi connectivity index (χ2v) is 3.66. The quantitative estimate of drug-likeness (QED) is 0.642. The highest BCUT2D eigenvalue weighted by Gasteiger charge is 2.41. The second kappa shape index (κ2) is 5.70. The Hall–Kier alpha value is -2.52. The van der Waals surface area contributed by atoms with Gasteiger partial charge in [0.1, 0.15) is 5.41 Å². The Bertz CT molecular complexity index is 555. The van der Waals surface area contributed by atoms with Crippen LogP contribution in [-0.4, -0.2) is 16.9 Å². The maximum absolute atomic E-state index is 11.9. The first-order valence-corrected chi connectivity index (χ1v) is 5.29. The van der Waals surface area contributed by atoms with E-state index in [1.165, 1.54) is 0 Å². The van der Waals surface area contributed by atoms with E-state index in [0.717, 1.165) is 0 Å². The van der Waals surface area contributed by atoms with Crippen LogP contribution in [0, 0.1) is 24.2 Å². The number of carbonyl (C=O) groups excluding carboxylic acids is 1. The largest absolute Gasteiger partial charge is 0.475 e. The molecule has 0 fully saturated rings. The van der Waals surface area contributed by atoms with E-state index < -0.39 is 17.2 Å². The van der Waals surface area contributed by atoms with Crippen LogP contribution in [0.15, 0.2) is 30.3 Å². The minimum atomic E-state index is -1.53. The maximum Gasteiger partial charge on any atom is 0.374 e. The molecule has 0 bridgehead atoms. The highest BCUT2D eigenvalue weighted by molar-refractivity contribution is 6.37. The first-order valence-electron chi connectivity index (χ1n) is 5.29. The van der Waals surface area contributed by atoms with Gasteiger partial charge in [-0.3, -0.25) is 4.79 Å². The Kier molecular flexibility index (Phi) is 4.29. The van der Waals surface area contributed by atoms with Crippen LogP contribution in [0.1, 0.15) is 18.9 Å². The summed E-state index contributed by atoms with van der Waals surface area (Å²) in [7, 11) is 0. The van der Waals surface area contributed by atoms with Gasteiger partial charge in [-0.2, -0.15) is 0 Å². The van der Waals surface area contributed by atoms with Crippen molar-refractivity contribution >= 4 is 11.8 Å². The van der Waals surface area contributed by atoms with Gasteiger partial charge in [0.15, 0.2) is 0 Å². The molecule has 1 rings (SSSR count). The zero-order chi connectivity index (χ0) is 13.6. The Labute approximate surface area is 106 Å². The molecule has 0 heterocycles. The molecule has 0 saturated carbocycles. The van der Waals surface area contributed by atoms with E-state index in [0.29, 0.717) is 5.56 Å². The third kappa shape index (κ3) is 2.42. The van der Waals surface area contributed by atoms with Crippen molar-refractivity contribution < 1.29 is 14.7 Å². The van der Waals surface area contributed by atoms with Crippen LogP contribution in [0.2, 0.25) is 0 Å². The summed E-state index contributed by atoms with van der Waals surface area (Å²) in [5.41, 5.74) is -0.957. The first-order chi connectivity index (χ1) is 8.58. The zero-order valence-corrected chi connectivity index (χ0v) is 9.93. The topological polar surface area (TPSA) is 54.4 Å². The molecule has 3 nitrogen and oxygen atoms in total. The number of Topliss-reactive ketones (excluding diaryl/α,β-unsaturated/α-hetero) is 1. The molecule has 1 N–H and O–H groups in total. The molecule has 0 aliphatic carbocycles. The maximum atomic E-state index is 11.9. The summed E-state index contributed by atoms with van der Waals surface area (Å²) >= 11 is 0. The summed E-state index contributed by atoms with van der Waals surface area (Å²) in [6, 6.07) is 8.51. The summed E-state index contributed by atoms with van der Waals surface area (Å²) in [6.45, 7) is 1.54. The van der Waals surface area contributed by atoms with Crippen LogP contribution >= 0.6 is 0 Å². The fourth-order valence-corrected chi connectivity index (χ4v) is 1.76. The van der Waals surface area contributed by atoms with Gasteiger partial charge in [0, 0.05) is 6.42 Å². The third-order valence-corrected chi connectivity index (χ3v) is 2.55. The molecule has 0 saturated heterocycles.